The molecule has 2 heterocycles. The monoisotopic (exact) mass is 265 g/mol. The van der Waals surface area contributed by atoms with Gasteiger partial charge < -0.3 is 4.57 Å². The van der Waals surface area contributed by atoms with Gasteiger partial charge in [-0.3, -0.25) is 0 Å². The molecule has 78 valence electrons. The molecule has 2 aromatic heterocycles. The van der Waals surface area contributed by atoms with Crippen LogP contribution in [-0.4, -0.2) is 14.5 Å². The Kier molecular flexibility index (Phi) is 2.86. The van der Waals surface area contributed by atoms with E-state index < -0.39 is 0 Å². The van der Waals surface area contributed by atoms with Gasteiger partial charge in [0.15, 0.2) is 0 Å². The highest BCUT2D eigenvalue weighted by Gasteiger charge is 2.07. The Morgan fingerprint density at radius 2 is 1.87 bits per heavy atom. The van der Waals surface area contributed by atoms with E-state index in [1.165, 1.54) is 0 Å². The first-order chi connectivity index (χ1) is 7.16. The summed E-state index contributed by atoms with van der Waals surface area (Å²) in [6.07, 6.45) is 3.94. The summed E-state index contributed by atoms with van der Waals surface area (Å²) >= 11 is 3.40. The van der Waals surface area contributed by atoms with Gasteiger partial charge in [0.1, 0.15) is 16.2 Å². The Hall–Kier alpha value is -1.16. The van der Waals surface area contributed by atoms with Gasteiger partial charge in [0, 0.05) is 24.4 Å². The smallest absolute Gasteiger partial charge is 0.141 e. The molecule has 2 aromatic rings. The van der Waals surface area contributed by atoms with Crippen LogP contribution < -0.4 is 0 Å². The van der Waals surface area contributed by atoms with Gasteiger partial charge in [0.25, 0.3) is 0 Å². The lowest BCUT2D eigenvalue weighted by Crippen LogP contribution is -2.03. The SMILES string of the molecule is CC(C)c1nc(Br)cc(-n2cccc2)n1. The van der Waals surface area contributed by atoms with Crippen LogP contribution in [-0.2, 0) is 0 Å². The Morgan fingerprint density at radius 1 is 1.20 bits per heavy atom. The quantitative estimate of drug-likeness (QED) is 0.782. The minimum absolute atomic E-state index is 0.330. The van der Waals surface area contributed by atoms with Gasteiger partial charge in [-0.25, -0.2) is 9.97 Å². The van der Waals surface area contributed by atoms with Crippen molar-refractivity contribution in [2.75, 3.05) is 0 Å². The van der Waals surface area contributed by atoms with Crippen molar-refractivity contribution in [1.82, 2.24) is 14.5 Å². The maximum absolute atomic E-state index is 4.50. The second-order valence-electron chi connectivity index (χ2n) is 3.65. The van der Waals surface area contributed by atoms with E-state index in [-0.39, 0.29) is 0 Å². The van der Waals surface area contributed by atoms with Crippen molar-refractivity contribution < 1.29 is 0 Å². The van der Waals surface area contributed by atoms with Crippen molar-refractivity contribution in [3.05, 3.63) is 41.0 Å². The first-order valence-electron chi connectivity index (χ1n) is 4.84. The zero-order valence-electron chi connectivity index (χ0n) is 8.68. The van der Waals surface area contributed by atoms with Gasteiger partial charge in [0.2, 0.25) is 0 Å². The van der Waals surface area contributed by atoms with Gasteiger partial charge in [-0.05, 0) is 28.1 Å². The lowest BCUT2D eigenvalue weighted by atomic mass is 10.2. The molecule has 0 unspecified atom stereocenters. The van der Waals surface area contributed by atoms with E-state index in [9.17, 15) is 0 Å². The average Bonchev–Trinajstić information content (AvgIpc) is 2.69. The van der Waals surface area contributed by atoms with Crippen molar-refractivity contribution in [1.29, 1.82) is 0 Å². The molecule has 4 heteroatoms. The van der Waals surface area contributed by atoms with Gasteiger partial charge in [-0.2, -0.15) is 0 Å². The molecule has 2 rings (SSSR count). The first-order valence-corrected chi connectivity index (χ1v) is 5.64. The van der Waals surface area contributed by atoms with Crippen LogP contribution in [0.2, 0.25) is 0 Å². The number of nitrogens with zero attached hydrogens (tertiary/aromatic N) is 3. The number of hydrogen-bond donors (Lipinski definition) is 0. The van der Waals surface area contributed by atoms with Gasteiger partial charge >= 0.3 is 0 Å². The molecule has 0 atom stereocenters. The Morgan fingerprint density at radius 3 is 2.47 bits per heavy atom. The predicted octanol–water partition coefficient (Wildman–Crippen LogP) is 3.15. The van der Waals surface area contributed by atoms with Crippen LogP contribution in [0.3, 0.4) is 0 Å². The highest BCUT2D eigenvalue weighted by atomic mass is 79.9. The predicted molar refractivity (Wildman–Crippen MR) is 63.1 cm³/mol. The number of aromatic nitrogens is 3. The van der Waals surface area contributed by atoms with Crippen LogP contribution in [0.5, 0.6) is 0 Å². The molecule has 0 aliphatic rings. The summed E-state index contributed by atoms with van der Waals surface area (Å²) in [7, 11) is 0. The molecule has 0 aromatic carbocycles. The van der Waals surface area contributed by atoms with Gasteiger partial charge in [-0.1, -0.05) is 13.8 Å². The molecule has 0 bridgehead atoms. The number of hydrogen-bond acceptors (Lipinski definition) is 2. The normalized spacial score (nSPS) is 10.9. The minimum atomic E-state index is 0.330. The molecule has 15 heavy (non-hydrogen) atoms. The minimum Gasteiger partial charge on any atom is -0.309 e. The number of halogens is 1. The molecule has 0 fully saturated rings. The largest absolute Gasteiger partial charge is 0.309 e. The topological polar surface area (TPSA) is 30.7 Å². The zero-order chi connectivity index (χ0) is 10.8. The van der Waals surface area contributed by atoms with Crippen LogP contribution >= 0.6 is 15.9 Å². The summed E-state index contributed by atoms with van der Waals surface area (Å²) in [5.74, 6) is 2.08. The van der Waals surface area contributed by atoms with Crippen LogP contribution in [0.1, 0.15) is 25.6 Å². The fourth-order valence-electron chi connectivity index (χ4n) is 1.30. The van der Waals surface area contributed by atoms with Crippen molar-refractivity contribution in [2.24, 2.45) is 0 Å². The first kappa shape index (κ1) is 10.4. The van der Waals surface area contributed by atoms with Crippen molar-refractivity contribution in [3.63, 3.8) is 0 Å². The van der Waals surface area contributed by atoms with E-state index in [0.29, 0.717) is 5.92 Å². The third-order valence-electron chi connectivity index (χ3n) is 2.08. The van der Waals surface area contributed by atoms with Gasteiger partial charge in [-0.15, -0.1) is 0 Å². The van der Waals surface area contributed by atoms with Crippen molar-refractivity contribution in [2.45, 2.75) is 19.8 Å². The summed E-state index contributed by atoms with van der Waals surface area (Å²) in [5, 5.41) is 0. The van der Waals surface area contributed by atoms with Crippen LogP contribution in [0.25, 0.3) is 5.82 Å². The third-order valence-corrected chi connectivity index (χ3v) is 2.49. The molecule has 0 spiro atoms. The fourth-order valence-corrected chi connectivity index (χ4v) is 1.69. The van der Waals surface area contributed by atoms with E-state index in [2.05, 4.69) is 39.7 Å². The third kappa shape index (κ3) is 2.26. The van der Waals surface area contributed by atoms with Crippen molar-refractivity contribution >= 4 is 15.9 Å². The van der Waals surface area contributed by atoms with Crippen LogP contribution in [0, 0.1) is 0 Å². The van der Waals surface area contributed by atoms with Gasteiger partial charge in [0.05, 0.1) is 0 Å². The summed E-state index contributed by atoms with van der Waals surface area (Å²) < 4.78 is 2.79. The summed E-state index contributed by atoms with van der Waals surface area (Å²) in [5.41, 5.74) is 0. The second kappa shape index (κ2) is 4.14. The molecule has 0 saturated carbocycles. The Balaban J connectivity index is 2.49. The second-order valence-corrected chi connectivity index (χ2v) is 4.46. The Labute approximate surface area is 97.3 Å². The molecule has 0 amide bonds. The summed E-state index contributed by atoms with van der Waals surface area (Å²) in [6.45, 7) is 4.17. The van der Waals surface area contributed by atoms with Crippen molar-refractivity contribution in [3.8, 4) is 5.82 Å². The van der Waals surface area contributed by atoms with E-state index >= 15 is 0 Å². The maximum atomic E-state index is 4.50. The molecular weight excluding hydrogens is 254 g/mol. The molecule has 0 saturated heterocycles. The molecule has 3 nitrogen and oxygen atoms in total. The molecule has 0 aliphatic carbocycles. The molecular formula is C11H12BrN3. The lowest BCUT2D eigenvalue weighted by molar-refractivity contribution is 0.757. The highest BCUT2D eigenvalue weighted by molar-refractivity contribution is 9.10. The summed E-state index contributed by atoms with van der Waals surface area (Å²) in [4.78, 5) is 8.83. The van der Waals surface area contributed by atoms with Crippen LogP contribution in [0.4, 0.5) is 0 Å². The van der Waals surface area contributed by atoms with E-state index in [4.69, 9.17) is 0 Å². The van der Waals surface area contributed by atoms with E-state index in [1.54, 1.807) is 0 Å². The zero-order valence-corrected chi connectivity index (χ0v) is 10.3. The summed E-state index contributed by atoms with van der Waals surface area (Å²) in [6, 6.07) is 5.86. The van der Waals surface area contributed by atoms with E-state index in [0.717, 1.165) is 16.2 Å². The lowest BCUT2D eigenvalue weighted by Gasteiger charge is -2.07. The fraction of sp³-hybridized carbons (Fsp3) is 0.273. The highest BCUT2D eigenvalue weighted by Crippen LogP contribution is 2.16. The Bertz CT molecular complexity index is 449. The molecule has 0 N–H and O–H groups in total. The number of rotatable bonds is 2. The van der Waals surface area contributed by atoms with E-state index in [1.807, 2.05) is 35.2 Å². The standard InChI is InChI=1S/C11H12BrN3/c1-8(2)11-13-9(12)7-10(14-11)15-5-3-4-6-15/h3-8H,1-2H3. The maximum Gasteiger partial charge on any atom is 0.141 e. The molecule has 0 aliphatic heterocycles. The molecule has 0 radical (unpaired) electrons. The van der Waals surface area contributed by atoms with Crippen LogP contribution in [0.15, 0.2) is 35.2 Å². The average molecular weight is 266 g/mol.